The highest BCUT2D eigenvalue weighted by atomic mass is 16.6. The molecule has 92 valence electrons. The fraction of sp³-hybridized carbons (Fsp3) is 0.846. The van der Waals surface area contributed by atoms with E-state index >= 15 is 0 Å². The number of methoxy groups -OCH3 is 1. The number of carbonyl (C=O) groups is 2. The van der Waals surface area contributed by atoms with Gasteiger partial charge in [-0.1, -0.05) is 6.92 Å². The van der Waals surface area contributed by atoms with E-state index < -0.39 is 0 Å². The third kappa shape index (κ3) is 0.860. The zero-order chi connectivity index (χ0) is 11.9. The van der Waals surface area contributed by atoms with Gasteiger partial charge in [-0.15, -0.1) is 0 Å². The van der Waals surface area contributed by atoms with Gasteiger partial charge in [0.2, 0.25) is 0 Å². The van der Waals surface area contributed by atoms with Gasteiger partial charge in [-0.3, -0.25) is 9.59 Å². The van der Waals surface area contributed by atoms with Crippen LogP contribution in [0.2, 0.25) is 0 Å². The van der Waals surface area contributed by atoms with Crippen LogP contribution in [0.15, 0.2) is 0 Å². The Morgan fingerprint density at radius 1 is 1.41 bits per heavy atom. The molecule has 3 aliphatic carbocycles. The molecule has 6 atom stereocenters. The smallest absolute Gasteiger partial charge is 0.310 e. The van der Waals surface area contributed by atoms with Crippen molar-refractivity contribution in [2.24, 2.45) is 35.0 Å². The molecule has 1 saturated heterocycles. The highest BCUT2D eigenvalue weighted by Gasteiger charge is 2.81. The van der Waals surface area contributed by atoms with Gasteiger partial charge < -0.3 is 9.47 Å². The summed E-state index contributed by atoms with van der Waals surface area (Å²) in [5, 5.41) is 0. The molecule has 0 radical (unpaired) electrons. The van der Waals surface area contributed by atoms with Gasteiger partial charge in [0.1, 0.15) is 6.10 Å². The van der Waals surface area contributed by atoms with Crippen molar-refractivity contribution >= 4 is 11.9 Å². The van der Waals surface area contributed by atoms with E-state index in [0.717, 1.165) is 12.8 Å². The van der Waals surface area contributed by atoms with Gasteiger partial charge in [0, 0.05) is 5.92 Å². The summed E-state index contributed by atoms with van der Waals surface area (Å²) < 4.78 is 10.4. The van der Waals surface area contributed by atoms with Crippen LogP contribution in [0.25, 0.3) is 0 Å². The van der Waals surface area contributed by atoms with Crippen LogP contribution in [0.4, 0.5) is 0 Å². The molecule has 4 rings (SSSR count). The lowest BCUT2D eigenvalue weighted by Gasteiger charge is -2.27. The SMILES string of the molecule is COC(=O)C1C2C(=O)OC3C(C)C1C1(CC1)C32. The Kier molecular flexibility index (Phi) is 1.56. The largest absolute Gasteiger partial charge is 0.469 e. The molecule has 0 N–H and O–H groups in total. The van der Waals surface area contributed by atoms with Crippen LogP contribution in [-0.2, 0) is 19.1 Å². The van der Waals surface area contributed by atoms with Gasteiger partial charge in [-0.2, -0.15) is 0 Å². The molecular formula is C13H16O4. The van der Waals surface area contributed by atoms with Crippen molar-refractivity contribution < 1.29 is 19.1 Å². The summed E-state index contributed by atoms with van der Waals surface area (Å²) in [4.78, 5) is 23.9. The second kappa shape index (κ2) is 2.68. The molecule has 17 heavy (non-hydrogen) atoms. The van der Waals surface area contributed by atoms with Crippen LogP contribution < -0.4 is 0 Å². The Labute approximate surface area is 99.6 Å². The van der Waals surface area contributed by atoms with Gasteiger partial charge in [-0.05, 0) is 30.1 Å². The molecule has 1 spiro atoms. The minimum Gasteiger partial charge on any atom is -0.469 e. The van der Waals surface area contributed by atoms with Crippen molar-refractivity contribution in [1.29, 1.82) is 0 Å². The molecule has 6 unspecified atom stereocenters. The number of carbonyl (C=O) groups excluding carboxylic acids is 2. The molecule has 0 amide bonds. The van der Waals surface area contributed by atoms with Crippen molar-refractivity contribution in [3.8, 4) is 0 Å². The number of ether oxygens (including phenoxy) is 2. The average molecular weight is 236 g/mol. The Bertz CT molecular complexity index is 425. The van der Waals surface area contributed by atoms with Crippen molar-refractivity contribution in [1.82, 2.24) is 0 Å². The molecular weight excluding hydrogens is 220 g/mol. The Balaban J connectivity index is 1.84. The van der Waals surface area contributed by atoms with E-state index in [0.29, 0.717) is 17.8 Å². The van der Waals surface area contributed by atoms with Crippen molar-refractivity contribution in [2.75, 3.05) is 7.11 Å². The first-order valence-electron chi connectivity index (χ1n) is 6.40. The number of hydrogen-bond acceptors (Lipinski definition) is 4. The fourth-order valence-corrected chi connectivity index (χ4v) is 5.22. The summed E-state index contributed by atoms with van der Waals surface area (Å²) in [5.41, 5.74) is 0.236. The lowest BCUT2D eigenvalue weighted by molar-refractivity contribution is -0.153. The summed E-state index contributed by atoms with van der Waals surface area (Å²) in [6.45, 7) is 2.13. The Hall–Kier alpha value is -1.06. The Morgan fingerprint density at radius 2 is 2.12 bits per heavy atom. The topological polar surface area (TPSA) is 52.6 Å². The van der Waals surface area contributed by atoms with Gasteiger partial charge >= 0.3 is 11.9 Å². The minimum absolute atomic E-state index is 0.0703. The van der Waals surface area contributed by atoms with E-state index in [9.17, 15) is 9.59 Å². The minimum atomic E-state index is -0.242. The number of rotatable bonds is 1. The monoisotopic (exact) mass is 236 g/mol. The predicted octanol–water partition coefficient (Wildman–Crippen LogP) is 0.993. The molecule has 2 bridgehead atoms. The van der Waals surface area contributed by atoms with E-state index in [1.54, 1.807) is 0 Å². The third-order valence-electron chi connectivity index (χ3n) is 5.75. The van der Waals surface area contributed by atoms with Crippen molar-refractivity contribution in [3.05, 3.63) is 0 Å². The first-order valence-corrected chi connectivity index (χ1v) is 6.40. The summed E-state index contributed by atoms with van der Waals surface area (Å²) in [5.74, 6) is 0.0890. The summed E-state index contributed by atoms with van der Waals surface area (Å²) in [6.07, 6.45) is 2.38. The normalized spacial score (nSPS) is 51.8. The molecule has 1 heterocycles. The fourth-order valence-electron chi connectivity index (χ4n) is 5.22. The maximum absolute atomic E-state index is 12.0. The molecule has 4 nitrogen and oxygen atoms in total. The molecule has 1 aliphatic heterocycles. The highest BCUT2D eigenvalue weighted by Crippen LogP contribution is 2.78. The van der Waals surface area contributed by atoms with Crippen LogP contribution in [0.1, 0.15) is 19.8 Å². The van der Waals surface area contributed by atoms with E-state index in [4.69, 9.17) is 9.47 Å². The lowest BCUT2D eigenvalue weighted by atomic mass is 9.75. The first-order chi connectivity index (χ1) is 8.12. The zero-order valence-corrected chi connectivity index (χ0v) is 10.0. The van der Waals surface area contributed by atoms with Gasteiger partial charge in [-0.25, -0.2) is 0 Å². The van der Waals surface area contributed by atoms with E-state index in [1.165, 1.54) is 7.11 Å². The number of hydrogen-bond donors (Lipinski definition) is 0. The van der Waals surface area contributed by atoms with Crippen molar-refractivity contribution in [2.45, 2.75) is 25.9 Å². The summed E-state index contributed by atoms with van der Waals surface area (Å²) in [7, 11) is 1.41. The van der Waals surface area contributed by atoms with Crippen LogP contribution in [0.5, 0.6) is 0 Å². The molecule has 0 aromatic heterocycles. The Morgan fingerprint density at radius 3 is 2.71 bits per heavy atom. The van der Waals surface area contributed by atoms with E-state index in [2.05, 4.69) is 6.92 Å². The van der Waals surface area contributed by atoms with E-state index in [1.807, 2.05) is 0 Å². The lowest BCUT2D eigenvalue weighted by Crippen LogP contribution is -2.37. The standard InChI is InChI=1S/C13H16O4/c1-5-8-6(11(14)16-2)7-9(13(8)3-4-13)10(5)17-12(7)15/h5-10H,3-4H2,1-2H3. The molecule has 4 fully saturated rings. The summed E-state index contributed by atoms with van der Waals surface area (Å²) in [6, 6.07) is 0. The van der Waals surface area contributed by atoms with Crippen LogP contribution in [0.3, 0.4) is 0 Å². The third-order valence-corrected chi connectivity index (χ3v) is 5.75. The maximum Gasteiger partial charge on any atom is 0.310 e. The molecule has 0 aromatic carbocycles. The zero-order valence-electron chi connectivity index (χ0n) is 10.0. The number of esters is 2. The van der Waals surface area contributed by atoms with Gasteiger partial charge in [0.05, 0.1) is 18.9 Å². The van der Waals surface area contributed by atoms with E-state index in [-0.39, 0.29) is 35.3 Å². The van der Waals surface area contributed by atoms with Crippen LogP contribution in [-0.4, -0.2) is 25.2 Å². The molecule has 4 heteroatoms. The van der Waals surface area contributed by atoms with Gasteiger partial charge in [0.15, 0.2) is 0 Å². The molecule has 3 saturated carbocycles. The molecule has 0 aromatic rings. The molecule has 4 aliphatic rings. The maximum atomic E-state index is 12.0. The second-order valence-corrected chi connectivity index (χ2v) is 6.12. The van der Waals surface area contributed by atoms with Crippen molar-refractivity contribution in [3.63, 3.8) is 0 Å². The highest BCUT2D eigenvalue weighted by molar-refractivity contribution is 5.86. The predicted molar refractivity (Wildman–Crippen MR) is 56.7 cm³/mol. The second-order valence-electron chi connectivity index (χ2n) is 6.12. The van der Waals surface area contributed by atoms with Crippen LogP contribution in [0, 0.1) is 35.0 Å². The summed E-state index contributed by atoms with van der Waals surface area (Å²) >= 11 is 0. The average Bonchev–Trinajstić information content (AvgIpc) is 2.91. The van der Waals surface area contributed by atoms with Crippen LogP contribution >= 0.6 is 0 Å². The van der Waals surface area contributed by atoms with Gasteiger partial charge in [0.25, 0.3) is 0 Å². The first kappa shape index (κ1) is 9.92. The quantitative estimate of drug-likeness (QED) is 0.637.